The number of fused-ring (bicyclic) bond motifs is 8. The molecule has 8 aromatic rings. The molecule has 356 valence electrons. The second-order valence-electron chi connectivity index (χ2n) is 20.4. The Balaban J connectivity index is 0.000000405. The summed E-state index contributed by atoms with van der Waals surface area (Å²) in [7, 11) is 0. The van der Waals surface area contributed by atoms with Crippen LogP contribution in [0.2, 0.25) is 0 Å². The highest BCUT2D eigenvalue weighted by Crippen LogP contribution is 2.53. The highest BCUT2D eigenvalue weighted by Gasteiger charge is 2.38. The second-order valence-corrected chi connectivity index (χ2v) is 20.4. The summed E-state index contributed by atoms with van der Waals surface area (Å²) in [6, 6.07) is 65.1. The minimum absolute atomic E-state index is 0.0981. The van der Waals surface area contributed by atoms with Gasteiger partial charge in [0.1, 0.15) is 0 Å². The maximum absolute atomic E-state index is 3.48. The van der Waals surface area contributed by atoms with Crippen LogP contribution in [-0.2, 0) is 10.8 Å². The first-order valence-corrected chi connectivity index (χ1v) is 25.7. The van der Waals surface area contributed by atoms with Gasteiger partial charge in [0, 0.05) is 44.9 Å². The summed E-state index contributed by atoms with van der Waals surface area (Å²) >= 11 is 0. The lowest BCUT2D eigenvalue weighted by atomic mass is 9.81. The van der Waals surface area contributed by atoms with Crippen LogP contribution in [-0.4, -0.2) is 6.04 Å². The average molecular weight is 935 g/mol. The minimum Gasteiger partial charge on any atom is -0.334 e. The lowest BCUT2D eigenvalue weighted by Crippen LogP contribution is -2.37. The first kappa shape index (κ1) is 47.7. The van der Waals surface area contributed by atoms with Gasteiger partial charge in [0.05, 0.1) is 11.7 Å². The van der Waals surface area contributed by atoms with Crippen LogP contribution in [0.4, 0.5) is 28.4 Å². The Kier molecular flexibility index (Phi) is 13.3. The fourth-order valence-electron chi connectivity index (χ4n) is 11.5. The van der Waals surface area contributed by atoms with Crippen LogP contribution in [0.5, 0.6) is 0 Å². The second kappa shape index (κ2) is 20.1. The smallest absolute Gasteiger partial charge is 0.0628 e. The van der Waals surface area contributed by atoms with Crippen molar-refractivity contribution in [2.24, 2.45) is 5.92 Å². The zero-order valence-electron chi connectivity index (χ0n) is 43.0. The Bertz CT molecular complexity index is 3460. The zero-order valence-corrected chi connectivity index (χ0v) is 43.0. The summed E-state index contributed by atoms with van der Waals surface area (Å²) in [4.78, 5) is 5.08. The molecule has 0 heterocycles. The van der Waals surface area contributed by atoms with E-state index in [-0.39, 0.29) is 22.8 Å². The molecule has 2 atom stereocenters. The number of anilines is 5. The predicted molar refractivity (Wildman–Crippen MR) is 311 cm³/mol. The summed E-state index contributed by atoms with van der Waals surface area (Å²) in [5, 5.41) is 2.46. The molecule has 0 aromatic heterocycles. The van der Waals surface area contributed by atoms with Crippen LogP contribution in [0.15, 0.2) is 243 Å². The van der Waals surface area contributed by atoms with E-state index in [1.165, 1.54) is 100 Å². The van der Waals surface area contributed by atoms with E-state index >= 15 is 0 Å². The first-order valence-electron chi connectivity index (χ1n) is 25.7. The summed E-state index contributed by atoms with van der Waals surface area (Å²) in [5.74, 6) is 0.231. The van der Waals surface area contributed by atoms with Gasteiger partial charge in [-0.25, -0.2) is 0 Å². The molecule has 2 heteroatoms. The highest BCUT2D eigenvalue weighted by molar-refractivity contribution is 6.00. The van der Waals surface area contributed by atoms with Gasteiger partial charge in [-0.05, 0) is 135 Å². The van der Waals surface area contributed by atoms with Gasteiger partial charge in [-0.1, -0.05) is 223 Å². The quantitative estimate of drug-likeness (QED) is 0.140. The van der Waals surface area contributed by atoms with Crippen LogP contribution < -0.4 is 9.80 Å². The SMILES string of the molecule is C/C=C/c1ccccc1.C=CCC.Cc1cc(N(c2ccc3c(c2)C(C)(C)c2ccccc2-3)C2C=CC=C3C=CC=CC32)ccc1N(c1ccc2c(c1)C(C)(C)c1ccccc1-2)c1cccc2ccccc12. The van der Waals surface area contributed by atoms with Crippen LogP contribution in [0, 0.1) is 12.8 Å². The molecule has 0 N–H and O–H groups in total. The lowest BCUT2D eigenvalue weighted by molar-refractivity contribution is 0.636. The number of nitrogens with zero attached hydrogens (tertiary/aromatic N) is 2. The van der Waals surface area contributed by atoms with Crippen LogP contribution in [0.3, 0.4) is 0 Å². The molecule has 2 nitrogen and oxygen atoms in total. The fourth-order valence-corrected chi connectivity index (χ4v) is 11.5. The predicted octanol–water partition coefficient (Wildman–Crippen LogP) is 19.3. The Morgan fingerprint density at radius 3 is 1.78 bits per heavy atom. The maximum Gasteiger partial charge on any atom is 0.0628 e. The lowest BCUT2D eigenvalue weighted by Gasteiger charge is -2.39. The molecule has 0 spiro atoms. The Labute approximate surface area is 429 Å². The molecule has 0 aliphatic heterocycles. The van der Waals surface area contributed by atoms with Gasteiger partial charge in [0.25, 0.3) is 0 Å². The molecule has 0 saturated carbocycles. The van der Waals surface area contributed by atoms with Crippen molar-refractivity contribution in [3.05, 3.63) is 276 Å². The zero-order chi connectivity index (χ0) is 50.0. The van der Waals surface area contributed by atoms with Crippen molar-refractivity contribution < 1.29 is 0 Å². The van der Waals surface area contributed by atoms with Crippen molar-refractivity contribution in [1.29, 1.82) is 0 Å². The van der Waals surface area contributed by atoms with Crippen molar-refractivity contribution in [3.63, 3.8) is 0 Å². The van der Waals surface area contributed by atoms with Crippen molar-refractivity contribution >= 4 is 45.3 Å². The first-order chi connectivity index (χ1) is 35.0. The van der Waals surface area contributed by atoms with E-state index in [9.17, 15) is 0 Å². The van der Waals surface area contributed by atoms with E-state index in [4.69, 9.17) is 0 Å². The standard InChI is InChI=1S/C57H48N2.C9H10.C4H8/c1-37-34-40(58(54-26-14-18-38-16-6-8-20-43(38)54)41-28-31-47-45-22-10-12-24-49(45)56(2,3)51(47)35-41)30-33-53(37)59(55-27-15-19-39-17-7-9-21-44(39)55)42-29-32-48-46-23-11-13-25-50(46)57(4,5)52(48)36-42;1-2-6-9-7-4-3-5-8-9;1-3-4-2/h6-36,43,54H,1-5H3;2-8H,1H3;3H,1,4H2,2H3/b;6-2+;. The molecule has 4 aliphatic carbocycles. The topological polar surface area (TPSA) is 6.48 Å². The molecule has 0 amide bonds. The third-order valence-corrected chi connectivity index (χ3v) is 15.2. The van der Waals surface area contributed by atoms with E-state index in [1.54, 1.807) is 0 Å². The monoisotopic (exact) mass is 935 g/mol. The number of hydrogen-bond acceptors (Lipinski definition) is 2. The third kappa shape index (κ3) is 8.70. The number of benzene rings is 8. The van der Waals surface area contributed by atoms with Gasteiger partial charge >= 0.3 is 0 Å². The number of hydrogen-bond donors (Lipinski definition) is 0. The summed E-state index contributed by atoms with van der Waals surface area (Å²) in [6.07, 6.45) is 23.0. The van der Waals surface area contributed by atoms with Crippen molar-refractivity contribution in [2.75, 3.05) is 9.80 Å². The molecule has 12 rings (SSSR count). The van der Waals surface area contributed by atoms with Gasteiger partial charge in [-0.2, -0.15) is 0 Å². The fraction of sp³-hybridized carbons (Fsp3) is 0.171. The molecule has 0 radical (unpaired) electrons. The maximum atomic E-state index is 3.48. The van der Waals surface area contributed by atoms with Crippen molar-refractivity contribution in [3.8, 4) is 22.3 Å². The van der Waals surface area contributed by atoms with Crippen LogP contribution in [0.25, 0.3) is 39.1 Å². The van der Waals surface area contributed by atoms with E-state index in [2.05, 4.69) is 264 Å². The van der Waals surface area contributed by atoms with Gasteiger partial charge < -0.3 is 9.80 Å². The Morgan fingerprint density at radius 2 is 1.11 bits per heavy atom. The molecule has 2 unspecified atom stereocenters. The average Bonchev–Trinajstić information content (AvgIpc) is 3.79. The molecule has 4 aliphatic rings. The van der Waals surface area contributed by atoms with Crippen molar-refractivity contribution in [2.45, 2.75) is 71.8 Å². The van der Waals surface area contributed by atoms with Gasteiger partial charge in [-0.15, -0.1) is 6.58 Å². The van der Waals surface area contributed by atoms with Gasteiger partial charge in [0.15, 0.2) is 0 Å². The Morgan fingerprint density at radius 1 is 0.542 bits per heavy atom. The molecule has 0 fully saturated rings. The summed E-state index contributed by atoms with van der Waals surface area (Å²) < 4.78 is 0. The summed E-state index contributed by atoms with van der Waals surface area (Å²) in [5.41, 5.74) is 20.4. The number of allylic oxidation sites excluding steroid dienone is 7. The molecular weight excluding hydrogens is 869 g/mol. The molecule has 0 bridgehead atoms. The largest absolute Gasteiger partial charge is 0.334 e. The normalized spacial score (nSPS) is 16.7. The van der Waals surface area contributed by atoms with Gasteiger partial charge in [0.2, 0.25) is 0 Å². The highest BCUT2D eigenvalue weighted by atomic mass is 15.2. The molecule has 72 heavy (non-hydrogen) atoms. The molecule has 0 saturated heterocycles. The minimum atomic E-state index is -0.110. The van der Waals surface area contributed by atoms with E-state index in [1.807, 2.05) is 37.3 Å². The number of aryl methyl sites for hydroxylation is 1. The van der Waals surface area contributed by atoms with Crippen molar-refractivity contribution in [1.82, 2.24) is 0 Å². The molecule has 8 aromatic carbocycles. The molecular formula is C70H66N2. The third-order valence-electron chi connectivity index (χ3n) is 15.2. The van der Waals surface area contributed by atoms with E-state index < -0.39 is 0 Å². The van der Waals surface area contributed by atoms with Gasteiger partial charge in [-0.3, -0.25) is 0 Å². The number of rotatable bonds is 8. The van der Waals surface area contributed by atoms with E-state index in [0.717, 1.165) is 6.42 Å². The summed E-state index contributed by atoms with van der Waals surface area (Å²) in [6.45, 7) is 19.3. The van der Waals surface area contributed by atoms with Crippen LogP contribution >= 0.6 is 0 Å². The van der Waals surface area contributed by atoms with Crippen LogP contribution in [0.1, 0.15) is 81.3 Å². The van der Waals surface area contributed by atoms with E-state index in [0.29, 0.717) is 0 Å². The Hall–Kier alpha value is -7.94.